The number of nitrogen functional groups attached to an aromatic ring is 1. The van der Waals surface area contributed by atoms with Crippen LogP contribution >= 0.6 is 0 Å². The van der Waals surface area contributed by atoms with Gasteiger partial charge >= 0.3 is 5.69 Å². The molecule has 2 aromatic rings. The van der Waals surface area contributed by atoms with E-state index in [9.17, 15) is 14.9 Å². The van der Waals surface area contributed by atoms with Gasteiger partial charge in [0.1, 0.15) is 5.82 Å². The Labute approximate surface area is 126 Å². The van der Waals surface area contributed by atoms with Crippen LogP contribution in [0.5, 0.6) is 0 Å². The molecular weight excluding hydrogens is 284 g/mol. The highest BCUT2D eigenvalue weighted by Crippen LogP contribution is 2.20. The Balaban J connectivity index is 2.08. The number of carbonyl (C=O) groups excluding carboxylic acids is 1. The number of nitrogens with two attached hydrogens (primary N) is 1. The lowest BCUT2D eigenvalue weighted by Gasteiger charge is -2.03. The van der Waals surface area contributed by atoms with Gasteiger partial charge in [0.05, 0.1) is 4.92 Å². The summed E-state index contributed by atoms with van der Waals surface area (Å²) in [6.45, 7) is 1.94. The largest absolute Gasteiger partial charge is 0.378 e. The van der Waals surface area contributed by atoms with Gasteiger partial charge in [0.25, 0.3) is 0 Å². The number of carbonyl (C=O) groups is 1. The van der Waals surface area contributed by atoms with E-state index >= 15 is 0 Å². The van der Waals surface area contributed by atoms with E-state index in [1.54, 1.807) is 6.08 Å². The first-order chi connectivity index (χ1) is 10.5. The van der Waals surface area contributed by atoms with Crippen LogP contribution in [0.2, 0.25) is 0 Å². The lowest BCUT2D eigenvalue weighted by Crippen LogP contribution is -2.10. The summed E-state index contributed by atoms with van der Waals surface area (Å²) in [7, 11) is 0. The third kappa shape index (κ3) is 3.66. The van der Waals surface area contributed by atoms with Crippen molar-refractivity contribution in [1.29, 1.82) is 0 Å². The van der Waals surface area contributed by atoms with Crippen LogP contribution in [-0.2, 0) is 4.79 Å². The molecule has 0 atom stereocenters. The smallest absolute Gasteiger partial charge is 0.311 e. The van der Waals surface area contributed by atoms with Crippen LogP contribution in [0.25, 0.3) is 6.08 Å². The number of aryl methyl sites for hydroxylation is 1. The molecule has 0 bridgehead atoms. The van der Waals surface area contributed by atoms with Crippen LogP contribution in [-0.4, -0.2) is 15.8 Å². The molecule has 0 radical (unpaired) electrons. The van der Waals surface area contributed by atoms with Gasteiger partial charge in [-0.15, -0.1) is 0 Å². The number of hydrogen-bond donors (Lipinski definition) is 2. The van der Waals surface area contributed by atoms with Crippen LogP contribution in [0.3, 0.4) is 0 Å². The summed E-state index contributed by atoms with van der Waals surface area (Å²) in [5.74, 6) is -0.489. The fourth-order valence-electron chi connectivity index (χ4n) is 1.80. The van der Waals surface area contributed by atoms with Gasteiger partial charge in [-0.1, -0.05) is 24.3 Å². The molecule has 0 unspecified atom stereocenters. The second-order valence-corrected chi connectivity index (χ2v) is 4.54. The van der Waals surface area contributed by atoms with Gasteiger partial charge in [0.15, 0.2) is 0 Å². The number of nitrogens with one attached hydrogen (secondary N) is 1. The van der Waals surface area contributed by atoms with Crippen molar-refractivity contribution in [3.63, 3.8) is 0 Å². The molecule has 1 amide bonds. The number of nitrogens with zero attached hydrogens (tertiary/aromatic N) is 2. The van der Waals surface area contributed by atoms with Gasteiger partial charge in [0, 0.05) is 12.1 Å². The summed E-state index contributed by atoms with van der Waals surface area (Å²) >= 11 is 0. The molecule has 0 fully saturated rings. The zero-order chi connectivity index (χ0) is 16.1. The van der Waals surface area contributed by atoms with Gasteiger partial charge in [-0.2, -0.15) is 0 Å². The predicted octanol–water partition coefficient (Wildman–Crippen LogP) is 2.53. The molecule has 0 aliphatic heterocycles. The van der Waals surface area contributed by atoms with Gasteiger partial charge in [-0.05, 0) is 30.2 Å². The second kappa shape index (κ2) is 6.49. The number of anilines is 2. The summed E-state index contributed by atoms with van der Waals surface area (Å²) in [4.78, 5) is 25.6. The van der Waals surface area contributed by atoms with Gasteiger partial charge in [-0.25, -0.2) is 4.98 Å². The molecule has 22 heavy (non-hydrogen) atoms. The van der Waals surface area contributed by atoms with Crippen molar-refractivity contribution in [3.05, 3.63) is 63.7 Å². The lowest BCUT2D eigenvalue weighted by atomic mass is 10.1. The Morgan fingerprint density at radius 1 is 1.32 bits per heavy atom. The first kappa shape index (κ1) is 15.2. The first-order valence-corrected chi connectivity index (χ1v) is 6.43. The van der Waals surface area contributed by atoms with E-state index in [0.29, 0.717) is 0 Å². The van der Waals surface area contributed by atoms with E-state index in [2.05, 4.69) is 10.3 Å². The number of rotatable bonds is 4. The molecule has 1 aromatic carbocycles. The van der Waals surface area contributed by atoms with E-state index in [1.165, 1.54) is 18.2 Å². The maximum Gasteiger partial charge on any atom is 0.311 e. The van der Waals surface area contributed by atoms with Gasteiger partial charge in [-0.3, -0.25) is 14.9 Å². The lowest BCUT2D eigenvalue weighted by molar-refractivity contribution is -0.384. The zero-order valence-corrected chi connectivity index (χ0v) is 11.8. The van der Waals surface area contributed by atoms with Crippen molar-refractivity contribution in [3.8, 4) is 0 Å². The molecule has 3 N–H and O–H groups in total. The average molecular weight is 298 g/mol. The number of benzene rings is 1. The van der Waals surface area contributed by atoms with Crippen molar-refractivity contribution < 1.29 is 9.72 Å². The van der Waals surface area contributed by atoms with Crippen LogP contribution in [0.1, 0.15) is 11.1 Å². The standard InChI is InChI=1S/C15H14N4O3/c1-10-4-2-3-5-11(10)6-9-14(20)17-13-8-7-12(19(21)22)15(16)18-13/h2-9H,1H3,(H3,16,17,18,20). The van der Waals surface area contributed by atoms with Gasteiger partial charge < -0.3 is 11.1 Å². The Kier molecular flexibility index (Phi) is 4.47. The SMILES string of the molecule is Cc1ccccc1C=CC(=O)Nc1ccc([N+](=O)[O-])c(N)n1. The minimum Gasteiger partial charge on any atom is -0.378 e. The highest BCUT2D eigenvalue weighted by Gasteiger charge is 2.13. The summed E-state index contributed by atoms with van der Waals surface area (Å²) in [6, 6.07) is 10.1. The van der Waals surface area contributed by atoms with Crippen LogP contribution in [0.15, 0.2) is 42.5 Å². The molecule has 1 heterocycles. The summed E-state index contributed by atoms with van der Waals surface area (Å²) in [5, 5.41) is 13.1. The van der Waals surface area contributed by atoms with Crippen molar-refractivity contribution in [2.75, 3.05) is 11.1 Å². The molecule has 1 aromatic heterocycles. The summed E-state index contributed by atoms with van der Waals surface area (Å²) < 4.78 is 0. The number of pyridine rings is 1. The zero-order valence-electron chi connectivity index (χ0n) is 11.8. The van der Waals surface area contributed by atoms with Crippen molar-refractivity contribution in [1.82, 2.24) is 4.98 Å². The topological polar surface area (TPSA) is 111 Å². The molecule has 112 valence electrons. The molecule has 7 nitrogen and oxygen atoms in total. The highest BCUT2D eigenvalue weighted by molar-refractivity contribution is 6.01. The molecule has 0 saturated heterocycles. The maximum absolute atomic E-state index is 11.8. The fourth-order valence-corrected chi connectivity index (χ4v) is 1.80. The average Bonchev–Trinajstić information content (AvgIpc) is 2.46. The summed E-state index contributed by atoms with van der Waals surface area (Å²) in [6.07, 6.45) is 3.04. The normalized spacial score (nSPS) is 10.6. The Morgan fingerprint density at radius 2 is 2.05 bits per heavy atom. The quantitative estimate of drug-likeness (QED) is 0.512. The Hall–Kier alpha value is -3.22. The third-order valence-electron chi connectivity index (χ3n) is 2.95. The van der Waals surface area contributed by atoms with Crippen molar-refractivity contribution in [2.45, 2.75) is 6.92 Å². The number of aromatic nitrogens is 1. The third-order valence-corrected chi connectivity index (χ3v) is 2.95. The van der Waals surface area contributed by atoms with Crippen molar-refractivity contribution >= 4 is 29.3 Å². The van der Waals surface area contributed by atoms with E-state index in [4.69, 9.17) is 5.73 Å². The Bertz CT molecular complexity index is 756. The van der Waals surface area contributed by atoms with E-state index in [-0.39, 0.29) is 17.3 Å². The molecule has 0 saturated carbocycles. The van der Waals surface area contributed by atoms with Crippen LogP contribution in [0, 0.1) is 17.0 Å². The molecule has 0 spiro atoms. The first-order valence-electron chi connectivity index (χ1n) is 6.43. The van der Waals surface area contributed by atoms with Crippen LogP contribution < -0.4 is 11.1 Å². The number of hydrogen-bond acceptors (Lipinski definition) is 5. The Morgan fingerprint density at radius 3 is 2.68 bits per heavy atom. The minimum atomic E-state index is -0.633. The monoisotopic (exact) mass is 298 g/mol. The summed E-state index contributed by atoms with van der Waals surface area (Å²) in [5.41, 5.74) is 7.13. The van der Waals surface area contributed by atoms with E-state index < -0.39 is 10.8 Å². The number of amides is 1. The van der Waals surface area contributed by atoms with Gasteiger partial charge in [0.2, 0.25) is 11.7 Å². The molecular formula is C15H14N4O3. The van der Waals surface area contributed by atoms with Crippen LogP contribution in [0.4, 0.5) is 17.3 Å². The van der Waals surface area contributed by atoms with Crippen molar-refractivity contribution in [2.24, 2.45) is 0 Å². The molecule has 0 aliphatic rings. The number of nitro groups is 1. The molecule has 7 heteroatoms. The van der Waals surface area contributed by atoms with E-state index in [0.717, 1.165) is 11.1 Å². The maximum atomic E-state index is 11.8. The molecule has 2 rings (SSSR count). The predicted molar refractivity (Wildman–Crippen MR) is 84.1 cm³/mol. The fraction of sp³-hybridized carbons (Fsp3) is 0.0667. The highest BCUT2D eigenvalue weighted by atomic mass is 16.6. The second-order valence-electron chi connectivity index (χ2n) is 4.54. The molecule has 0 aliphatic carbocycles. The minimum absolute atomic E-state index is 0.155. The van der Waals surface area contributed by atoms with E-state index in [1.807, 2.05) is 31.2 Å².